The Kier molecular flexibility index (Phi) is 3.52. The molecule has 0 aromatic heterocycles. The van der Waals surface area contributed by atoms with Crippen LogP contribution in [0.5, 0.6) is 11.5 Å². The molecule has 1 aromatic carbocycles. The van der Waals surface area contributed by atoms with E-state index in [1.54, 1.807) is 0 Å². The lowest BCUT2D eigenvalue weighted by Gasteiger charge is -2.27. The van der Waals surface area contributed by atoms with Crippen LogP contribution in [0.25, 0.3) is 0 Å². The fourth-order valence-electron chi connectivity index (χ4n) is 2.56. The zero-order valence-electron chi connectivity index (χ0n) is 11.4. The molecule has 0 spiro atoms. The smallest absolute Gasteiger partial charge is 0.270 e. The quantitative estimate of drug-likeness (QED) is 0.919. The first kappa shape index (κ1) is 13.6. The summed E-state index contributed by atoms with van der Waals surface area (Å²) in [6.07, 6.45) is 0. The highest BCUT2D eigenvalue weighted by atomic mass is 19.3. The van der Waals surface area contributed by atoms with Crippen LogP contribution in [0.2, 0.25) is 0 Å². The Bertz CT molecular complexity index is 497. The Labute approximate surface area is 116 Å². The largest absolute Gasteiger partial charge is 0.454 e. The van der Waals surface area contributed by atoms with Crippen LogP contribution in [0.1, 0.15) is 18.1 Å². The predicted octanol–water partition coefficient (Wildman–Crippen LogP) is 1.93. The maximum atomic E-state index is 13.6. The second-order valence-corrected chi connectivity index (χ2v) is 5.28. The van der Waals surface area contributed by atoms with Crippen LogP contribution >= 0.6 is 0 Å². The molecule has 1 saturated heterocycles. The molecule has 0 atom stereocenters. The van der Waals surface area contributed by atoms with Crippen LogP contribution in [-0.2, 0) is 12.5 Å². The summed E-state index contributed by atoms with van der Waals surface area (Å²) < 4.78 is 37.8. The molecule has 0 saturated carbocycles. The van der Waals surface area contributed by atoms with Crippen molar-refractivity contribution in [2.45, 2.75) is 19.4 Å². The molecule has 110 valence electrons. The van der Waals surface area contributed by atoms with Gasteiger partial charge in [0.05, 0.1) is 0 Å². The van der Waals surface area contributed by atoms with Crippen molar-refractivity contribution >= 4 is 0 Å². The number of ether oxygens (including phenoxy) is 2. The number of rotatable bonds is 3. The third kappa shape index (κ3) is 2.71. The minimum Gasteiger partial charge on any atom is -0.454 e. The minimum absolute atomic E-state index is 0.0214. The summed E-state index contributed by atoms with van der Waals surface area (Å²) in [5.41, 5.74) is 0.755. The average Bonchev–Trinajstić information content (AvgIpc) is 2.87. The number of piperazine rings is 1. The normalized spacial score (nSPS) is 19.4. The van der Waals surface area contributed by atoms with E-state index in [1.807, 2.05) is 0 Å². The fourth-order valence-corrected chi connectivity index (χ4v) is 2.56. The van der Waals surface area contributed by atoms with E-state index in [0.29, 0.717) is 18.0 Å². The Morgan fingerprint density at radius 2 is 2.00 bits per heavy atom. The van der Waals surface area contributed by atoms with Gasteiger partial charge in [0.25, 0.3) is 5.92 Å². The highest BCUT2D eigenvalue weighted by Crippen LogP contribution is 2.41. The first-order valence-corrected chi connectivity index (χ1v) is 6.78. The lowest BCUT2D eigenvalue weighted by atomic mass is 10.0. The van der Waals surface area contributed by atoms with E-state index in [2.05, 4.69) is 10.2 Å². The fraction of sp³-hybridized carbons (Fsp3) is 0.571. The van der Waals surface area contributed by atoms with Crippen molar-refractivity contribution in [1.82, 2.24) is 10.2 Å². The second kappa shape index (κ2) is 5.18. The van der Waals surface area contributed by atoms with E-state index in [9.17, 15) is 8.78 Å². The summed E-state index contributed by atoms with van der Waals surface area (Å²) in [7, 11) is 0. The first-order chi connectivity index (χ1) is 9.54. The molecule has 0 amide bonds. The maximum absolute atomic E-state index is 13.6. The molecular formula is C14H18F2N2O2. The predicted molar refractivity (Wildman–Crippen MR) is 70.3 cm³/mol. The average molecular weight is 284 g/mol. The lowest BCUT2D eigenvalue weighted by Crippen LogP contribution is -2.42. The maximum Gasteiger partial charge on any atom is 0.270 e. The van der Waals surface area contributed by atoms with E-state index in [0.717, 1.165) is 38.7 Å². The van der Waals surface area contributed by atoms with Crippen LogP contribution < -0.4 is 14.8 Å². The first-order valence-electron chi connectivity index (χ1n) is 6.78. The van der Waals surface area contributed by atoms with Crippen LogP contribution in [-0.4, -0.2) is 37.9 Å². The molecule has 1 aromatic rings. The van der Waals surface area contributed by atoms with Crippen molar-refractivity contribution in [3.63, 3.8) is 0 Å². The van der Waals surface area contributed by atoms with Gasteiger partial charge in [0.15, 0.2) is 11.5 Å². The highest BCUT2D eigenvalue weighted by Gasteiger charge is 2.30. The Morgan fingerprint density at radius 1 is 1.25 bits per heavy atom. The molecular weight excluding hydrogens is 266 g/mol. The number of nitrogens with one attached hydrogen (secondary N) is 1. The molecule has 3 rings (SSSR count). The SMILES string of the molecule is CC(F)(F)c1cc(CN2CCNCC2)c2c(c1)OCO2. The van der Waals surface area contributed by atoms with Gasteiger partial charge in [-0.3, -0.25) is 4.90 Å². The Hall–Kier alpha value is -1.40. The molecule has 0 radical (unpaired) electrons. The van der Waals surface area contributed by atoms with E-state index >= 15 is 0 Å². The van der Waals surface area contributed by atoms with Crippen LogP contribution in [0, 0.1) is 0 Å². The van der Waals surface area contributed by atoms with Crippen molar-refractivity contribution in [2.75, 3.05) is 33.0 Å². The topological polar surface area (TPSA) is 33.7 Å². The van der Waals surface area contributed by atoms with Crippen molar-refractivity contribution in [3.05, 3.63) is 23.3 Å². The third-order valence-electron chi connectivity index (χ3n) is 3.66. The molecule has 2 aliphatic heterocycles. The van der Waals surface area contributed by atoms with Gasteiger partial charge < -0.3 is 14.8 Å². The summed E-state index contributed by atoms with van der Waals surface area (Å²) in [6, 6.07) is 2.92. The van der Waals surface area contributed by atoms with E-state index in [-0.39, 0.29) is 12.4 Å². The summed E-state index contributed by atoms with van der Waals surface area (Å²) in [4.78, 5) is 2.23. The van der Waals surface area contributed by atoms with Crippen molar-refractivity contribution in [3.8, 4) is 11.5 Å². The van der Waals surface area contributed by atoms with Gasteiger partial charge in [-0.1, -0.05) is 0 Å². The Balaban J connectivity index is 1.90. The van der Waals surface area contributed by atoms with Crippen molar-refractivity contribution < 1.29 is 18.3 Å². The molecule has 1 fully saturated rings. The van der Waals surface area contributed by atoms with Crippen molar-refractivity contribution in [2.24, 2.45) is 0 Å². The molecule has 2 aliphatic rings. The summed E-state index contributed by atoms with van der Waals surface area (Å²) in [6.45, 7) is 5.26. The zero-order valence-corrected chi connectivity index (χ0v) is 11.4. The molecule has 20 heavy (non-hydrogen) atoms. The highest BCUT2D eigenvalue weighted by molar-refractivity contribution is 5.51. The monoisotopic (exact) mass is 284 g/mol. The molecule has 0 unspecified atom stereocenters. The van der Waals surface area contributed by atoms with Crippen LogP contribution in [0.3, 0.4) is 0 Å². The van der Waals surface area contributed by atoms with Gasteiger partial charge in [-0.25, -0.2) is 8.78 Å². The summed E-state index contributed by atoms with van der Waals surface area (Å²) >= 11 is 0. The number of halogens is 2. The second-order valence-electron chi connectivity index (χ2n) is 5.28. The van der Waals surface area contributed by atoms with E-state index in [1.165, 1.54) is 12.1 Å². The van der Waals surface area contributed by atoms with Gasteiger partial charge >= 0.3 is 0 Å². The number of alkyl halides is 2. The van der Waals surface area contributed by atoms with E-state index in [4.69, 9.17) is 9.47 Å². The summed E-state index contributed by atoms with van der Waals surface area (Å²) in [5, 5.41) is 3.27. The Morgan fingerprint density at radius 3 is 2.70 bits per heavy atom. The zero-order chi connectivity index (χ0) is 14.2. The lowest BCUT2D eigenvalue weighted by molar-refractivity contribution is 0.0171. The third-order valence-corrected chi connectivity index (χ3v) is 3.66. The molecule has 2 heterocycles. The van der Waals surface area contributed by atoms with Crippen LogP contribution in [0.4, 0.5) is 8.78 Å². The van der Waals surface area contributed by atoms with Gasteiger partial charge in [0.2, 0.25) is 6.79 Å². The number of hydrogen-bond acceptors (Lipinski definition) is 4. The summed E-state index contributed by atoms with van der Waals surface area (Å²) in [5.74, 6) is -1.84. The molecule has 4 nitrogen and oxygen atoms in total. The molecule has 1 N–H and O–H groups in total. The van der Waals surface area contributed by atoms with Crippen LogP contribution in [0.15, 0.2) is 12.1 Å². The minimum atomic E-state index is -2.88. The molecule has 0 aliphatic carbocycles. The standard InChI is InChI=1S/C14H18F2N2O2/c1-14(15,16)11-6-10(8-18-4-2-17-3-5-18)13-12(7-11)19-9-20-13/h6-7,17H,2-5,8-9H2,1H3. The van der Waals surface area contributed by atoms with E-state index < -0.39 is 5.92 Å². The van der Waals surface area contributed by atoms with Gasteiger partial charge in [0, 0.05) is 50.8 Å². The van der Waals surface area contributed by atoms with Gasteiger partial charge in [-0.05, 0) is 12.1 Å². The van der Waals surface area contributed by atoms with Crippen molar-refractivity contribution in [1.29, 1.82) is 0 Å². The number of benzene rings is 1. The van der Waals surface area contributed by atoms with Gasteiger partial charge in [0.1, 0.15) is 0 Å². The number of fused-ring (bicyclic) bond motifs is 1. The van der Waals surface area contributed by atoms with Gasteiger partial charge in [-0.2, -0.15) is 0 Å². The number of nitrogens with zero attached hydrogens (tertiary/aromatic N) is 1. The number of hydrogen-bond donors (Lipinski definition) is 1. The van der Waals surface area contributed by atoms with Gasteiger partial charge in [-0.15, -0.1) is 0 Å². The molecule has 6 heteroatoms. The molecule has 0 bridgehead atoms.